The van der Waals surface area contributed by atoms with Gasteiger partial charge >= 0.3 is 0 Å². The minimum absolute atomic E-state index is 0.0213. The average molecular weight is 329 g/mol. The van der Waals surface area contributed by atoms with Gasteiger partial charge in [-0.05, 0) is 37.5 Å². The molecule has 0 amide bonds. The number of hydrogen-bond acceptors (Lipinski definition) is 4. The number of aliphatic hydroxyl groups excluding tert-OH is 1. The van der Waals surface area contributed by atoms with Crippen molar-refractivity contribution < 1.29 is 13.5 Å². The van der Waals surface area contributed by atoms with Gasteiger partial charge in [-0.15, -0.1) is 0 Å². The molecule has 7 heteroatoms. The lowest BCUT2D eigenvalue weighted by Gasteiger charge is -2.34. The zero-order valence-electron chi connectivity index (χ0n) is 11.5. The summed E-state index contributed by atoms with van der Waals surface area (Å²) in [6.45, 7) is 0.390. The van der Waals surface area contributed by atoms with Gasteiger partial charge in [-0.25, -0.2) is 8.42 Å². The minimum atomic E-state index is -3.71. The van der Waals surface area contributed by atoms with Crippen LogP contribution in [0.3, 0.4) is 0 Å². The number of sulfonamides is 1. The summed E-state index contributed by atoms with van der Waals surface area (Å²) in [4.78, 5) is 0.0213. The van der Waals surface area contributed by atoms with E-state index in [1.807, 2.05) is 6.07 Å². The van der Waals surface area contributed by atoms with Crippen molar-refractivity contribution in [2.45, 2.75) is 36.6 Å². The van der Waals surface area contributed by atoms with E-state index >= 15 is 0 Å². The molecule has 0 aromatic heterocycles. The van der Waals surface area contributed by atoms with E-state index in [9.17, 15) is 8.42 Å². The highest BCUT2D eigenvalue weighted by molar-refractivity contribution is 7.89. The molecular formula is C14H17ClN2O3S. The molecule has 1 fully saturated rings. The standard InChI is InChI=1S/C14H17ClN2O3S/c15-13-9-11(10-16)4-5-14(13)21(19,20)17-7-2-1-3-12(17)6-8-18/h4-5,9,12,18H,1-3,6-8H2. The molecule has 1 aliphatic heterocycles. The average Bonchev–Trinajstić information content (AvgIpc) is 2.47. The van der Waals surface area contributed by atoms with Crippen molar-refractivity contribution in [1.82, 2.24) is 4.31 Å². The molecule has 1 aromatic rings. The molecule has 2 rings (SSSR count). The first-order valence-electron chi connectivity index (χ1n) is 6.83. The van der Waals surface area contributed by atoms with Gasteiger partial charge in [-0.2, -0.15) is 9.57 Å². The van der Waals surface area contributed by atoms with E-state index in [1.165, 1.54) is 22.5 Å². The maximum absolute atomic E-state index is 12.8. The van der Waals surface area contributed by atoms with E-state index < -0.39 is 10.0 Å². The van der Waals surface area contributed by atoms with Crippen LogP contribution >= 0.6 is 11.6 Å². The SMILES string of the molecule is N#Cc1ccc(S(=O)(=O)N2CCCCC2CCO)c(Cl)c1. The summed E-state index contributed by atoms with van der Waals surface area (Å²) in [5.41, 5.74) is 0.324. The Morgan fingerprint density at radius 2 is 2.19 bits per heavy atom. The number of halogens is 1. The van der Waals surface area contributed by atoms with E-state index in [2.05, 4.69) is 0 Å². The van der Waals surface area contributed by atoms with Crippen LogP contribution in [0.1, 0.15) is 31.2 Å². The topological polar surface area (TPSA) is 81.4 Å². The van der Waals surface area contributed by atoms with Crippen LogP contribution < -0.4 is 0 Å². The second-order valence-electron chi connectivity index (χ2n) is 5.03. The Morgan fingerprint density at radius 3 is 2.81 bits per heavy atom. The maximum Gasteiger partial charge on any atom is 0.244 e. The lowest BCUT2D eigenvalue weighted by Crippen LogP contribution is -2.44. The summed E-state index contributed by atoms with van der Waals surface area (Å²) in [5.74, 6) is 0. The van der Waals surface area contributed by atoms with E-state index in [0.717, 1.165) is 19.3 Å². The summed E-state index contributed by atoms with van der Waals surface area (Å²) >= 11 is 6.03. The molecule has 1 atom stereocenters. The van der Waals surface area contributed by atoms with Crippen LogP contribution in [0.4, 0.5) is 0 Å². The fraction of sp³-hybridized carbons (Fsp3) is 0.500. The predicted molar refractivity (Wildman–Crippen MR) is 79.4 cm³/mol. The predicted octanol–water partition coefficient (Wildman–Crippen LogP) is 2.14. The van der Waals surface area contributed by atoms with Gasteiger partial charge in [0.25, 0.3) is 0 Å². The molecule has 5 nitrogen and oxygen atoms in total. The zero-order chi connectivity index (χ0) is 15.5. The Labute approximate surface area is 129 Å². The molecule has 0 saturated carbocycles. The summed E-state index contributed by atoms with van der Waals surface area (Å²) in [5, 5.41) is 18.0. The maximum atomic E-state index is 12.8. The highest BCUT2D eigenvalue weighted by Gasteiger charge is 2.34. The Kier molecular flexibility index (Phi) is 5.22. The van der Waals surface area contributed by atoms with Crippen molar-refractivity contribution in [3.63, 3.8) is 0 Å². The molecule has 1 aliphatic rings. The molecule has 1 saturated heterocycles. The molecule has 0 radical (unpaired) electrons. The van der Waals surface area contributed by atoms with Gasteiger partial charge in [0, 0.05) is 19.2 Å². The number of piperidine rings is 1. The number of nitrogens with zero attached hydrogens (tertiary/aromatic N) is 2. The normalized spacial score (nSPS) is 20.1. The molecule has 1 heterocycles. The summed E-state index contributed by atoms with van der Waals surface area (Å²) in [6.07, 6.45) is 2.92. The van der Waals surface area contributed by atoms with E-state index in [0.29, 0.717) is 18.5 Å². The Bertz CT molecular complexity index is 653. The number of rotatable bonds is 4. The second kappa shape index (κ2) is 6.75. The highest BCUT2D eigenvalue weighted by atomic mass is 35.5. The molecule has 1 aromatic carbocycles. The van der Waals surface area contributed by atoms with Crippen LogP contribution in [0.25, 0.3) is 0 Å². The Morgan fingerprint density at radius 1 is 1.43 bits per heavy atom. The summed E-state index contributed by atoms with van der Waals surface area (Å²) in [6, 6.07) is 5.92. The molecule has 1 unspecified atom stereocenters. The first kappa shape index (κ1) is 16.2. The largest absolute Gasteiger partial charge is 0.396 e. The van der Waals surface area contributed by atoms with Gasteiger partial charge in [-0.3, -0.25) is 0 Å². The Balaban J connectivity index is 2.38. The summed E-state index contributed by atoms with van der Waals surface area (Å²) < 4.78 is 27.0. The third-order valence-electron chi connectivity index (χ3n) is 3.68. The first-order chi connectivity index (χ1) is 10.0. The number of nitriles is 1. The van der Waals surface area contributed by atoms with Crippen molar-refractivity contribution >= 4 is 21.6 Å². The van der Waals surface area contributed by atoms with Crippen molar-refractivity contribution in [2.24, 2.45) is 0 Å². The quantitative estimate of drug-likeness (QED) is 0.918. The van der Waals surface area contributed by atoms with Gasteiger partial charge in [0.05, 0.1) is 16.7 Å². The van der Waals surface area contributed by atoms with E-state index in [1.54, 1.807) is 0 Å². The van der Waals surface area contributed by atoms with Gasteiger partial charge in [0.1, 0.15) is 4.90 Å². The van der Waals surface area contributed by atoms with Crippen molar-refractivity contribution in [3.8, 4) is 6.07 Å². The monoisotopic (exact) mass is 328 g/mol. The molecule has 1 N–H and O–H groups in total. The first-order valence-corrected chi connectivity index (χ1v) is 8.65. The molecular weight excluding hydrogens is 312 g/mol. The van der Waals surface area contributed by atoms with Gasteiger partial charge in [0.2, 0.25) is 10.0 Å². The third-order valence-corrected chi connectivity index (χ3v) is 6.12. The van der Waals surface area contributed by atoms with Crippen molar-refractivity contribution in [1.29, 1.82) is 5.26 Å². The molecule has 114 valence electrons. The fourth-order valence-electron chi connectivity index (χ4n) is 2.63. The van der Waals surface area contributed by atoms with Crippen LogP contribution in [-0.4, -0.2) is 37.0 Å². The van der Waals surface area contributed by atoms with Gasteiger partial charge in [0.15, 0.2) is 0 Å². The zero-order valence-corrected chi connectivity index (χ0v) is 13.1. The third kappa shape index (κ3) is 3.38. The van der Waals surface area contributed by atoms with E-state index in [-0.39, 0.29) is 22.6 Å². The number of hydrogen-bond donors (Lipinski definition) is 1. The van der Waals surface area contributed by atoms with Crippen molar-refractivity contribution in [3.05, 3.63) is 28.8 Å². The van der Waals surface area contributed by atoms with Crippen LogP contribution in [0.2, 0.25) is 5.02 Å². The highest BCUT2D eigenvalue weighted by Crippen LogP contribution is 2.31. The van der Waals surface area contributed by atoms with Crippen LogP contribution in [0, 0.1) is 11.3 Å². The lowest BCUT2D eigenvalue weighted by atomic mass is 10.0. The van der Waals surface area contributed by atoms with Crippen LogP contribution in [0.15, 0.2) is 23.1 Å². The van der Waals surface area contributed by atoms with E-state index in [4.69, 9.17) is 22.0 Å². The van der Waals surface area contributed by atoms with Gasteiger partial charge in [-0.1, -0.05) is 18.0 Å². The Hall–Kier alpha value is -1.13. The molecule has 0 bridgehead atoms. The van der Waals surface area contributed by atoms with Crippen LogP contribution in [-0.2, 0) is 10.0 Å². The fourth-order valence-corrected chi connectivity index (χ4v) is 4.88. The molecule has 0 spiro atoms. The molecule has 21 heavy (non-hydrogen) atoms. The lowest BCUT2D eigenvalue weighted by molar-refractivity contribution is 0.192. The smallest absolute Gasteiger partial charge is 0.244 e. The van der Waals surface area contributed by atoms with Gasteiger partial charge < -0.3 is 5.11 Å². The van der Waals surface area contributed by atoms with Crippen LogP contribution in [0.5, 0.6) is 0 Å². The number of benzene rings is 1. The summed E-state index contributed by atoms with van der Waals surface area (Å²) in [7, 11) is -3.71. The second-order valence-corrected chi connectivity index (χ2v) is 7.30. The molecule has 0 aliphatic carbocycles. The van der Waals surface area contributed by atoms with Crippen molar-refractivity contribution in [2.75, 3.05) is 13.2 Å². The number of aliphatic hydroxyl groups is 1. The minimum Gasteiger partial charge on any atom is -0.396 e.